The van der Waals surface area contributed by atoms with Crippen molar-refractivity contribution in [3.05, 3.63) is 28.8 Å². The number of aryl methyl sites for hydroxylation is 1. The average molecular weight is 253 g/mol. The highest BCUT2D eigenvalue weighted by atomic mass is 35.5. The Morgan fingerprint density at radius 2 is 2.12 bits per heavy atom. The number of carbonyl (C=O) groups is 2. The second-order valence-electron chi connectivity index (χ2n) is 4.09. The molecule has 0 bridgehead atoms. The lowest BCUT2D eigenvalue weighted by atomic mass is 10.1. The summed E-state index contributed by atoms with van der Waals surface area (Å²) >= 11 is 5.87. The predicted octanol–water partition coefficient (Wildman–Crippen LogP) is 1.50. The molecule has 4 nitrogen and oxygen atoms in total. The number of carbonyl (C=O) groups excluding carboxylic acids is 2. The van der Waals surface area contributed by atoms with Crippen LogP contribution in [0.15, 0.2) is 18.2 Å². The minimum atomic E-state index is -0.490. The zero-order valence-electron chi connectivity index (χ0n) is 9.66. The molecule has 2 amide bonds. The van der Waals surface area contributed by atoms with Crippen molar-refractivity contribution in [2.75, 3.05) is 11.4 Å². The van der Waals surface area contributed by atoms with Gasteiger partial charge in [-0.3, -0.25) is 14.5 Å². The molecule has 1 aromatic rings. The van der Waals surface area contributed by atoms with Gasteiger partial charge in [-0.25, -0.2) is 0 Å². The fraction of sp³-hybridized carbons (Fsp3) is 0.333. The molecule has 0 radical (unpaired) electrons. The number of nitrogens with one attached hydrogen (secondary N) is 1. The van der Waals surface area contributed by atoms with Crippen LogP contribution in [0.3, 0.4) is 0 Å². The summed E-state index contributed by atoms with van der Waals surface area (Å²) in [5, 5.41) is 3.17. The van der Waals surface area contributed by atoms with E-state index < -0.39 is 6.04 Å². The maximum atomic E-state index is 11.9. The summed E-state index contributed by atoms with van der Waals surface area (Å²) in [5.74, 6) is -0.249. The Hall–Kier alpha value is -1.55. The second kappa shape index (κ2) is 4.37. The molecule has 1 saturated heterocycles. The number of hydrogen-bond donors (Lipinski definition) is 1. The Balaban J connectivity index is 2.43. The van der Waals surface area contributed by atoms with Gasteiger partial charge >= 0.3 is 0 Å². The third-order valence-corrected chi connectivity index (χ3v) is 3.10. The minimum Gasteiger partial charge on any atom is -0.345 e. The maximum Gasteiger partial charge on any atom is 0.247 e. The molecule has 1 aromatic carbocycles. The van der Waals surface area contributed by atoms with Gasteiger partial charge in [0.1, 0.15) is 6.04 Å². The first-order valence-electron chi connectivity index (χ1n) is 5.36. The molecule has 17 heavy (non-hydrogen) atoms. The molecule has 1 aliphatic rings. The molecule has 1 fully saturated rings. The standard InChI is InChI=1S/C12H13ClN2O2/c1-7-5-9(13)3-4-10(7)15-8(2)12(17)14-6-11(15)16/h3-5,8H,6H2,1-2H3,(H,14,17). The van der Waals surface area contributed by atoms with Crippen LogP contribution in [0, 0.1) is 6.92 Å². The Kier molecular flexibility index (Phi) is 3.07. The molecule has 0 spiro atoms. The lowest BCUT2D eigenvalue weighted by molar-refractivity contribution is -0.130. The largest absolute Gasteiger partial charge is 0.345 e. The molecule has 1 atom stereocenters. The van der Waals surface area contributed by atoms with Gasteiger partial charge in [-0.2, -0.15) is 0 Å². The van der Waals surface area contributed by atoms with Crippen LogP contribution in [0.25, 0.3) is 0 Å². The fourth-order valence-electron chi connectivity index (χ4n) is 1.96. The summed E-state index contributed by atoms with van der Waals surface area (Å²) in [7, 11) is 0. The van der Waals surface area contributed by atoms with Gasteiger partial charge in [0.25, 0.3) is 0 Å². The topological polar surface area (TPSA) is 49.4 Å². The van der Waals surface area contributed by atoms with Gasteiger partial charge < -0.3 is 5.32 Å². The summed E-state index contributed by atoms with van der Waals surface area (Å²) < 4.78 is 0. The number of amides is 2. The summed E-state index contributed by atoms with van der Waals surface area (Å²) in [5.41, 5.74) is 1.62. The number of nitrogens with zero attached hydrogens (tertiary/aromatic N) is 1. The van der Waals surface area contributed by atoms with E-state index in [1.807, 2.05) is 6.92 Å². The van der Waals surface area contributed by atoms with Crippen molar-refractivity contribution in [3.8, 4) is 0 Å². The number of hydrogen-bond acceptors (Lipinski definition) is 2. The number of benzene rings is 1. The van der Waals surface area contributed by atoms with E-state index in [4.69, 9.17) is 11.6 Å². The fourth-order valence-corrected chi connectivity index (χ4v) is 2.19. The van der Waals surface area contributed by atoms with Gasteiger partial charge in [-0.1, -0.05) is 11.6 Å². The molecule has 5 heteroatoms. The van der Waals surface area contributed by atoms with Gasteiger partial charge in [0.15, 0.2) is 0 Å². The van der Waals surface area contributed by atoms with Crippen molar-refractivity contribution in [2.24, 2.45) is 0 Å². The number of anilines is 1. The van der Waals surface area contributed by atoms with Crippen LogP contribution in [-0.2, 0) is 9.59 Å². The normalized spacial score (nSPS) is 20.4. The van der Waals surface area contributed by atoms with Crippen molar-refractivity contribution < 1.29 is 9.59 Å². The zero-order valence-corrected chi connectivity index (χ0v) is 10.4. The van der Waals surface area contributed by atoms with E-state index in [-0.39, 0.29) is 18.4 Å². The number of piperazine rings is 1. The van der Waals surface area contributed by atoms with Gasteiger partial charge in [0, 0.05) is 10.7 Å². The SMILES string of the molecule is Cc1cc(Cl)ccc1N1C(=O)CNC(=O)C1C. The lowest BCUT2D eigenvalue weighted by Gasteiger charge is -2.33. The molecule has 0 aromatic heterocycles. The van der Waals surface area contributed by atoms with Gasteiger partial charge in [0.2, 0.25) is 11.8 Å². The van der Waals surface area contributed by atoms with Crippen molar-refractivity contribution in [1.29, 1.82) is 0 Å². The predicted molar refractivity (Wildman–Crippen MR) is 66.1 cm³/mol. The zero-order chi connectivity index (χ0) is 12.6. The molecule has 0 aliphatic carbocycles. The number of rotatable bonds is 1. The smallest absolute Gasteiger partial charge is 0.247 e. The first kappa shape index (κ1) is 11.9. The second-order valence-corrected chi connectivity index (χ2v) is 4.52. The Morgan fingerprint density at radius 3 is 2.76 bits per heavy atom. The molecule has 1 aliphatic heterocycles. The molecule has 1 heterocycles. The summed E-state index contributed by atoms with van der Waals surface area (Å²) in [6.45, 7) is 3.62. The van der Waals surface area contributed by atoms with E-state index in [1.54, 1.807) is 25.1 Å². The van der Waals surface area contributed by atoms with Crippen LogP contribution in [0.1, 0.15) is 12.5 Å². The van der Waals surface area contributed by atoms with Crippen LogP contribution >= 0.6 is 11.6 Å². The Bertz CT molecular complexity index is 487. The molecule has 0 saturated carbocycles. The maximum absolute atomic E-state index is 11.9. The molecule has 90 valence electrons. The van der Waals surface area contributed by atoms with Crippen molar-refractivity contribution in [1.82, 2.24) is 5.32 Å². The van der Waals surface area contributed by atoms with E-state index in [9.17, 15) is 9.59 Å². The highest BCUT2D eigenvalue weighted by Crippen LogP contribution is 2.26. The molecule has 2 rings (SSSR count). The van der Waals surface area contributed by atoms with E-state index in [0.717, 1.165) is 11.3 Å². The minimum absolute atomic E-state index is 0.0469. The summed E-state index contributed by atoms with van der Waals surface area (Å²) in [6, 6.07) is 4.78. The first-order valence-corrected chi connectivity index (χ1v) is 5.74. The summed E-state index contributed by atoms with van der Waals surface area (Å²) in [6.07, 6.45) is 0. The Labute approximate surface area is 105 Å². The highest BCUT2D eigenvalue weighted by molar-refractivity contribution is 6.30. The van der Waals surface area contributed by atoms with Crippen LogP contribution in [0.5, 0.6) is 0 Å². The highest BCUT2D eigenvalue weighted by Gasteiger charge is 2.32. The molecular formula is C12H13ClN2O2. The van der Waals surface area contributed by atoms with Crippen LogP contribution in [-0.4, -0.2) is 24.4 Å². The van der Waals surface area contributed by atoms with Crippen LogP contribution < -0.4 is 10.2 Å². The van der Waals surface area contributed by atoms with E-state index in [1.165, 1.54) is 4.90 Å². The average Bonchev–Trinajstić information content (AvgIpc) is 2.27. The Morgan fingerprint density at radius 1 is 1.41 bits per heavy atom. The quantitative estimate of drug-likeness (QED) is 0.824. The van der Waals surface area contributed by atoms with Crippen LogP contribution in [0.4, 0.5) is 5.69 Å². The third kappa shape index (κ3) is 2.13. The van der Waals surface area contributed by atoms with Crippen molar-refractivity contribution in [3.63, 3.8) is 0 Å². The van der Waals surface area contributed by atoms with E-state index >= 15 is 0 Å². The van der Waals surface area contributed by atoms with Gasteiger partial charge in [-0.15, -0.1) is 0 Å². The van der Waals surface area contributed by atoms with E-state index in [0.29, 0.717) is 5.02 Å². The van der Waals surface area contributed by atoms with Crippen molar-refractivity contribution in [2.45, 2.75) is 19.9 Å². The van der Waals surface area contributed by atoms with Gasteiger partial charge in [-0.05, 0) is 37.6 Å². The van der Waals surface area contributed by atoms with Gasteiger partial charge in [0.05, 0.1) is 6.54 Å². The van der Waals surface area contributed by atoms with Crippen LogP contribution in [0.2, 0.25) is 5.02 Å². The molecule has 1 unspecified atom stereocenters. The molecular weight excluding hydrogens is 240 g/mol. The number of halogens is 1. The monoisotopic (exact) mass is 252 g/mol. The summed E-state index contributed by atoms with van der Waals surface area (Å²) in [4.78, 5) is 25.0. The molecule has 1 N–H and O–H groups in total. The lowest BCUT2D eigenvalue weighted by Crippen LogP contribution is -2.57. The first-order chi connectivity index (χ1) is 8.00. The van der Waals surface area contributed by atoms with Crippen molar-refractivity contribution >= 4 is 29.1 Å². The third-order valence-electron chi connectivity index (χ3n) is 2.87. The van der Waals surface area contributed by atoms with E-state index in [2.05, 4.69) is 5.32 Å².